The van der Waals surface area contributed by atoms with Crippen LogP contribution in [0.2, 0.25) is 25.7 Å². The third kappa shape index (κ3) is 10.1. The highest BCUT2D eigenvalue weighted by molar-refractivity contribution is 7.89. The molecule has 0 heterocycles. The Balaban J connectivity index is 3.48. The molecule has 74 valence electrons. The molecule has 0 aromatic rings. The lowest BCUT2D eigenvalue weighted by atomic mass is 10.4. The first-order valence-corrected chi connectivity index (χ1v) is 9.63. The van der Waals surface area contributed by atoms with Crippen LogP contribution in [0.4, 0.5) is 0 Å². The number of hydrogen-bond acceptors (Lipinski definition) is 2. The fourth-order valence-electron chi connectivity index (χ4n) is 0.959. The number of hydrogen-bond donors (Lipinski definition) is 1. The highest BCUT2D eigenvalue weighted by Crippen LogP contribution is 2.12. The van der Waals surface area contributed by atoms with Crippen LogP contribution in [-0.4, -0.2) is 22.2 Å². The number of rotatable bonds is 5. The summed E-state index contributed by atoms with van der Waals surface area (Å²) in [6, 6.07) is 1.18. The van der Waals surface area contributed by atoms with Gasteiger partial charge in [-0.3, -0.25) is 0 Å². The third-order valence-corrected chi connectivity index (χ3v) is 4.32. The van der Waals surface area contributed by atoms with Crippen LogP contribution in [0.3, 0.4) is 0 Å². The van der Waals surface area contributed by atoms with Gasteiger partial charge in [0.05, 0.1) is 5.75 Å². The quantitative estimate of drug-likeness (QED) is 0.549. The van der Waals surface area contributed by atoms with E-state index in [0.717, 1.165) is 6.42 Å². The van der Waals surface area contributed by atoms with Gasteiger partial charge in [-0.2, -0.15) is 0 Å². The van der Waals surface area contributed by atoms with Gasteiger partial charge in [0.25, 0.3) is 0 Å². The Bertz CT molecular complexity index is 218. The Morgan fingerprint density at radius 3 is 2.00 bits per heavy atom. The van der Waals surface area contributed by atoms with Gasteiger partial charge in [-0.05, 0) is 6.42 Å². The first kappa shape index (κ1) is 12.1. The second-order valence-corrected chi connectivity index (χ2v) is 11.7. The maximum atomic E-state index is 10.5. The van der Waals surface area contributed by atoms with Crippen molar-refractivity contribution < 1.29 is 8.42 Å². The van der Waals surface area contributed by atoms with Gasteiger partial charge in [-0.25, -0.2) is 13.6 Å². The molecule has 0 aromatic heterocycles. The minimum atomic E-state index is -3.23. The van der Waals surface area contributed by atoms with Gasteiger partial charge in [0.2, 0.25) is 10.0 Å². The second kappa shape index (κ2) is 4.39. The summed E-state index contributed by atoms with van der Waals surface area (Å²) >= 11 is 0. The molecule has 0 saturated carbocycles. The molecule has 0 aliphatic heterocycles. The molecule has 0 bridgehead atoms. The monoisotopic (exact) mass is 209 g/mol. The number of sulfonamides is 1. The first-order valence-electron chi connectivity index (χ1n) is 4.21. The van der Waals surface area contributed by atoms with Crippen LogP contribution >= 0.6 is 0 Å². The molecule has 0 aromatic carbocycles. The number of unbranched alkanes of at least 4 members (excludes halogenated alkanes) is 1. The molecule has 2 N–H and O–H groups in total. The van der Waals surface area contributed by atoms with E-state index in [1.54, 1.807) is 0 Å². The van der Waals surface area contributed by atoms with Crippen molar-refractivity contribution in [2.24, 2.45) is 5.14 Å². The minimum absolute atomic E-state index is 0.136. The van der Waals surface area contributed by atoms with Gasteiger partial charge >= 0.3 is 0 Å². The summed E-state index contributed by atoms with van der Waals surface area (Å²) in [5, 5.41) is 4.87. The number of primary sulfonamides is 1. The molecule has 0 aliphatic carbocycles. The summed E-state index contributed by atoms with van der Waals surface area (Å²) in [4.78, 5) is 0. The zero-order chi connectivity index (χ0) is 9.83. The van der Waals surface area contributed by atoms with E-state index in [0.29, 0.717) is 6.42 Å². The summed E-state index contributed by atoms with van der Waals surface area (Å²) < 4.78 is 21.1. The maximum absolute atomic E-state index is 10.5. The van der Waals surface area contributed by atoms with E-state index in [-0.39, 0.29) is 5.75 Å². The standard InChI is InChI=1S/C7H19NO2SSi/c1-12(2,3)7-5-4-6-11(8,9)10/h4-7H2,1-3H3,(H2,8,9,10). The Hall–Kier alpha value is 0.127. The molecule has 0 rings (SSSR count). The van der Waals surface area contributed by atoms with Crippen LogP contribution in [0.25, 0.3) is 0 Å². The first-order chi connectivity index (χ1) is 5.21. The predicted molar refractivity (Wildman–Crippen MR) is 55.4 cm³/mol. The van der Waals surface area contributed by atoms with Crippen molar-refractivity contribution in [3.8, 4) is 0 Å². The van der Waals surface area contributed by atoms with Crippen molar-refractivity contribution in [3.05, 3.63) is 0 Å². The van der Waals surface area contributed by atoms with Gasteiger partial charge in [0, 0.05) is 8.07 Å². The molecule has 0 saturated heterocycles. The summed E-state index contributed by atoms with van der Waals surface area (Å²) in [5.74, 6) is 0.136. The van der Waals surface area contributed by atoms with Crippen molar-refractivity contribution in [1.29, 1.82) is 0 Å². The van der Waals surface area contributed by atoms with Gasteiger partial charge in [-0.1, -0.05) is 32.1 Å². The molecule has 0 atom stereocenters. The van der Waals surface area contributed by atoms with E-state index >= 15 is 0 Å². The third-order valence-electron chi connectivity index (χ3n) is 1.61. The van der Waals surface area contributed by atoms with Crippen LogP contribution in [0.1, 0.15) is 12.8 Å². The molecular formula is C7H19NO2SSi. The maximum Gasteiger partial charge on any atom is 0.209 e. The Morgan fingerprint density at radius 2 is 1.67 bits per heavy atom. The lowest BCUT2D eigenvalue weighted by molar-refractivity contribution is 0.594. The summed E-state index contributed by atoms with van der Waals surface area (Å²) in [7, 11) is -4.22. The fraction of sp³-hybridized carbons (Fsp3) is 1.00. The zero-order valence-electron chi connectivity index (χ0n) is 8.13. The molecule has 0 aliphatic rings. The smallest absolute Gasteiger partial charge is 0.209 e. The highest BCUT2D eigenvalue weighted by Gasteiger charge is 2.12. The van der Waals surface area contributed by atoms with Crippen LogP contribution in [0.15, 0.2) is 0 Å². The lowest BCUT2D eigenvalue weighted by Crippen LogP contribution is -2.20. The molecule has 0 amide bonds. The fourth-order valence-corrected chi connectivity index (χ4v) is 2.88. The van der Waals surface area contributed by atoms with Crippen molar-refractivity contribution >= 4 is 18.1 Å². The van der Waals surface area contributed by atoms with Gasteiger partial charge in [0.1, 0.15) is 0 Å². The van der Waals surface area contributed by atoms with E-state index in [1.165, 1.54) is 6.04 Å². The van der Waals surface area contributed by atoms with Crippen LogP contribution in [0.5, 0.6) is 0 Å². The Labute approximate surface area is 76.4 Å². The van der Waals surface area contributed by atoms with Crippen LogP contribution < -0.4 is 5.14 Å². The van der Waals surface area contributed by atoms with E-state index < -0.39 is 18.1 Å². The Kier molecular flexibility index (Phi) is 4.43. The van der Waals surface area contributed by atoms with E-state index in [4.69, 9.17) is 5.14 Å². The topological polar surface area (TPSA) is 60.2 Å². The van der Waals surface area contributed by atoms with Gasteiger partial charge in [0.15, 0.2) is 0 Å². The Morgan fingerprint density at radius 1 is 1.17 bits per heavy atom. The largest absolute Gasteiger partial charge is 0.229 e. The molecule has 5 heteroatoms. The molecule has 12 heavy (non-hydrogen) atoms. The highest BCUT2D eigenvalue weighted by atomic mass is 32.2. The molecule has 0 spiro atoms. The normalized spacial score (nSPS) is 13.3. The minimum Gasteiger partial charge on any atom is -0.229 e. The summed E-state index contributed by atoms with van der Waals surface area (Å²) in [6.45, 7) is 6.85. The average Bonchev–Trinajstić information content (AvgIpc) is 1.76. The molecule has 3 nitrogen and oxygen atoms in total. The average molecular weight is 209 g/mol. The SMILES string of the molecule is C[Si](C)(C)CCCCS(N)(=O)=O. The van der Waals surface area contributed by atoms with Crippen molar-refractivity contribution in [1.82, 2.24) is 0 Å². The predicted octanol–water partition coefficient (Wildman–Crippen LogP) is 1.39. The van der Waals surface area contributed by atoms with Crippen LogP contribution in [0, 0.1) is 0 Å². The van der Waals surface area contributed by atoms with Crippen molar-refractivity contribution in [2.45, 2.75) is 38.5 Å². The lowest BCUT2D eigenvalue weighted by Gasteiger charge is -2.14. The summed E-state index contributed by atoms with van der Waals surface area (Å²) in [5.41, 5.74) is 0. The van der Waals surface area contributed by atoms with Crippen molar-refractivity contribution in [3.63, 3.8) is 0 Å². The van der Waals surface area contributed by atoms with Gasteiger partial charge in [-0.15, -0.1) is 0 Å². The van der Waals surface area contributed by atoms with Crippen LogP contribution in [-0.2, 0) is 10.0 Å². The molecule has 0 fully saturated rings. The zero-order valence-corrected chi connectivity index (χ0v) is 9.95. The second-order valence-electron chi connectivity index (χ2n) is 4.38. The molecule has 0 radical (unpaired) electrons. The molecule has 0 unspecified atom stereocenters. The summed E-state index contributed by atoms with van der Waals surface area (Å²) in [6.07, 6.45) is 1.70. The van der Waals surface area contributed by atoms with E-state index in [2.05, 4.69) is 19.6 Å². The number of nitrogens with two attached hydrogens (primary N) is 1. The van der Waals surface area contributed by atoms with E-state index in [1.807, 2.05) is 0 Å². The molecular weight excluding hydrogens is 190 g/mol. The van der Waals surface area contributed by atoms with E-state index in [9.17, 15) is 8.42 Å². The van der Waals surface area contributed by atoms with Crippen molar-refractivity contribution in [2.75, 3.05) is 5.75 Å². The van der Waals surface area contributed by atoms with Gasteiger partial charge < -0.3 is 0 Å².